The van der Waals surface area contributed by atoms with E-state index in [1.807, 2.05) is 0 Å². The van der Waals surface area contributed by atoms with Crippen LogP contribution in [0.2, 0.25) is 6.04 Å². The second kappa shape index (κ2) is 13.6. The van der Waals surface area contributed by atoms with Crippen molar-refractivity contribution in [3.05, 3.63) is 12.2 Å². The number of esters is 1. The van der Waals surface area contributed by atoms with Crippen molar-refractivity contribution < 1.29 is 28.2 Å². The van der Waals surface area contributed by atoms with Gasteiger partial charge in [-0.05, 0) is 19.4 Å². The summed E-state index contributed by atoms with van der Waals surface area (Å²) in [5.41, 5.74) is 0.320. The van der Waals surface area contributed by atoms with Gasteiger partial charge in [-0.15, -0.1) is 0 Å². The monoisotopic (exact) mass is 317 g/mol. The van der Waals surface area contributed by atoms with Gasteiger partial charge >= 0.3 is 12.1 Å². The molecule has 0 spiro atoms. The zero-order chi connectivity index (χ0) is 15.9. The summed E-state index contributed by atoms with van der Waals surface area (Å²) in [5.74, 6) is -0.479. The molecule has 7 nitrogen and oxygen atoms in total. The second-order valence-electron chi connectivity index (χ2n) is 4.04. The Morgan fingerprint density at radius 2 is 1.90 bits per heavy atom. The third kappa shape index (κ3) is 13.4. The minimum Gasteiger partial charge on any atom is -0.460 e. The molecule has 21 heavy (non-hydrogen) atoms. The Balaban J connectivity index is 3.31. The van der Waals surface area contributed by atoms with E-state index in [0.29, 0.717) is 28.5 Å². The molecule has 1 amide bonds. The molecule has 0 aliphatic carbocycles. The van der Waals surface area contributed by atoms with Crippen molar-refractivity contribution in [2.24, 2.45) is 0 Å². The van der Waals surface area contributed by atoms with Gasteiger partial charge in [0.1, 0.15) is 13.2 Å². The van der Waals surface area contributed by atoms with E-state index in [0.717, 1.165) is 12.5 Å². The van der Waals surface area contributed by atoms with Crippen LogP contribution in [0.4, 0.5) is 4.79 Å². The van der Waals surface area contributed by atoms with E-state index >= 15 is 0 Å². The largest absolute Gasteiger partial charge is 0.460 e. The molecule has 0 bridgehead atoms. The van der Waals surface area contributed by atoms with Crippen LogP contribution in [0.25, 0.3) is 0 Å². The molecule has 0 heterocycles. The van der Waals surface area contributed by atoms with E-state index < -0.39 is 12.1 Å². The predicted molar refractivity (Wildman–Crippen MR) is 78.1 cm³/mol. The number of hydrogen-bond acceptors (Lipinski definition) is 6. The van der Waals surface area contributed by atoms with E-state index in [2.05, 4.69) is 11.9 Å². The van der Waals surface area contributed by atoms with Crippen LogP contribution >= 0.6 is 0 Å². The van der Waals surface area contributed by atoms with E-state index in [9.17, 15) is 9.59 Å². The van der Waals surface area contributed by atoms with Crippen LogP contribution in [0.1, 0.15) is 13.3 Å². The number of ether oxygens (including phenoxy) is 3. The Labute approximate surface area is 127 Å². The highest BCUT2D eigenvalue weighted by molar-refractivity contribution is 6.26. The SMILES string of the molecule is C=C(C)C(=O)OCCNC(=O)OCCOCCC[Si]OC. The van der Waals surface area contributed by atoms with Crippen LogP contribution in [-0.2, 0) is 23.4 Å². The lowest BCUT2D eigenvalue weighted by Gasteiger charge is -2.08. The highest BCUT2D eigenvalue weighted by atomic mass is 28.2. The van der Waals surface area contributed by atoms with Gasteiger partial charge in [-0.2, -0.15) is 0 Å². The van der Waals surface area contributed by atoms with Gasteiger partial charge < -0.3 is 24.0 Å². The summed E-state index contributed by atoms with van der Waals surface area (Å²) in [6.07, 6.45) is 0.359. The van der Waals surface area contributed by atoms with Crippen molar-refractivity contribution in [3.63, 3.8) is 0 Å². The number of hydrogen-bond donors (Lipinski definition) is 1. The number of nitrogens with one attached hydrogen (secondary N) is 1. The van der Waals surface area contributed by atoms with Gasteiger partial charge in [-0.3, -0.25) is 0 Å². The third-order valence-corrected chi connectivity index (χ3v) is 2.97. The fourth-order valence-corrected chi connectivity index (χ4v) is 1.61. The van der Waals surface area contributed by atoms with Crippen LogP contribution in [0.5, 0.6) is 0 Å². The van der Waals surface area contributed by atoms with Gasteiger partial charge in [0.25, 0.3) is 0 Å². The van der Waals surface area contributed by atoms with Crippen LogP contribution < -0.4 is 5.32 Å². The molecule has 0 unspecified atom stereocenters. The van der Waals surface area contributed by atoms with Gasteiger partial charge in [0.2, 0.25) is 9.76 Å². The smallest absolute Gasteiger partial charge is 0.407 e. The standard InChI is InChI=1S/C13H23NO6Si/c1-11(2)12(15)19-7-5-14-13(16)20-9-8-18-6-4-10-21-17-3/h1,4-10H2,2-3H3,(H,14,16). The van der Waals surface area contributed by atoms with Crippen LogP contribution in [0.15, 0.2) is 12.2 Å². The van der Waals surface area contributed by atoms with Gasteiger partial charge in [0.05, 0.1) is 13.2 Å². The van der Waals surface area contributed by atoms with Crippen molar-refractivity contribution in [2.75, 3.05) is 40.1 Å². The van der Waals surface area contributed by atoms with E-state index in [1.165, 1.54) is 0 Å². The number of amides is 1. The molecule has 0 aliphatic rings. The Morgan fingerprint density at radius 1 is 1.14 bits per heavy atom. The number of rotatable bonds is 12. The summed E-state index contributed by atoms with van der Waals surface area (Å²) in [6.45, 7) is 6.43. The highest BCUT2D eigenvalue weighted by Gasteiger charge is 2.04. The average molecular weight is 317 g/mol. The zero-order valence-corrected chi connectivity index (χ0v) is 13.6. The molecule has 8 heteroatoms. The topological polar surface area (TPSA) is 83.1 Å². The number of carbonyl (C=O) groups is 2. The van der Waals surface area contributed by atoms with E-state index in [-0.39, 0.29) is 19.8 Å². The van der Waals surface area contributed by atoms with Crippen molar-refractivity contribution in [1.29, 1.82) is 0 Å². The quantitative estimate of drug-likeness (QED) is 0.249. The Hall–Kier alpha value is -1.38. The molecular weight excluding hydrogens is 294 g/mol. The first-order chi connectivity index (χ1) is 10.1. The summed E-state index contributed by atoms with van der Waals surface area (Å²) < 4.78 is 19.9. The molecule has 1 N–H and O–H groups in total. The Bertz CT molecular complexity index is 324. The van der Waals surface area contributed by atoms with Crippen molar-refractivity contribution in [1.82, 2.24) is 5.32 Å². The summed E-state index contributed by atoms with van der Waals surface area (Å²) in [4.78, 5) is 22.3. The Kier molecular flexibility index (Phi) is 12.7. The first kappa shape index (κ1) is 19.6. The molecule has 0 rings (SSSR count). The van der Waals surface area contributed by atoms with E-state index in [4.69, 9.17) is 18.6 Å². The number of carbonyl (C=O) groups excluding carboxylic acids is 2. The lowest BCUT2D eigenvalue weighted by molar-refractivity contribution is -0.138. The summed E-state index contributed by atoms with van der Waals surface area (Å²) in [6, 6.07) is 0.973. The molecular formula is C13H23NO6Si. The first-order valence-corrected chi connectivity index (χ1v) is 7.76. The molecule has 0 aromatic carbocycles. The zero-order valence-electron chi connectivity index (χ0n) is 12.6. The fraction of sp³-hybridized carbons (Fsp3) is 0.692. The molecule has 0 saturated carbocycles. The fourth-order valence-electron chi connectivity index (χ4n) is 1.11. The molecule has 120 valence electrons. The van der Waals surface area contributed by atoms with Crippen LogP contribution in [-0.4, -0.2) is 61.9 Å². The maximum absolute atomic E-state index is 11.2. The van der Waals surface area contributed by atoms with Crippen molar-refractivity contribution >= 4 is 21.8 Å². The third-order valence-electron chi connectivity index (χ3n) is 2.13. The lowest BCUT2D eigenvalue weighted by atomic mass is 10.4. The summed E-state index contributed by atoms with van der Waals surface area (Å²) in [5, 5.41) is 2.46. The van der Waals surface area contributed by atoms with Gasteiger partial charge in [-0.25, -0.2) is 9.59 Å². The first-order valence-electron chi connectivity index (χ1n) is 6.64. The minimum atomic E-state index is -0.564. The van der Waals surface area contributed by atoms with E-state index in [1.54, 1.807) is 14.0 Å². The summed E-state index contributed by atoms with van der Waals surface area (Å²) in [7, 11) is 2.17. The van der Waals surface area contributed by atoms with Crippen molar-refractivity contribution in [2.45, 2.75) is 19.4 Å². The summed E-state index contributed by atoms with van der Waals surface area (Å²) >= 11 is 0. The molecule has 0 fully saturated rings. The van der Waals surface area contributed by atoms with Crippen molar-refractivity contribution in [3.8, 4) is 0 Å². The molecule has 2 radical (unpaired) electrons. The Morgan fingerprint density at radius 3 is 2.57 bits per heavy atom. The molecule has 0 saturated heterocycles. The van der Waals surface area contributed by atoms with Gasteiger partial charge in [-0.1, -0.05) is 6.58 Å². The van der Waals surface area contributed by atoms with Crippen LogP contribution in [0.3, 0.4) is 0 Å². The van der Waals surface area contributed by atoms with Gasteiger partial charge in [0, 0.05) is 19.3 Å². The van der Waals surface area contributed by atoms with Crippen LogP contribution in [0, 0.1) is 0 Å². The normalized spacial score (nSPS) is 10.0. The lowest BCUT2D eigenvalue weighted by Crippen LogP contribution is -2.29. The van der Waals surface area contributed by atoms with Gasteiger partial charge in [0.15, 0.2) is 0 Å². The highest BCUT2D eigenvalue weighted by Crippen LogP contribution is 1.91. The maximum atomic E-state index is 11.2. The minimum absolute atomic E-state index is 0.0809. The number of alkyl carbamates (subject to hydrolysis) is 1. The molecule has 0 aromatic rings. The molecule has 0 aromatic heterocycles. The molecule has 0 atom stereocenters. The predicted octanol–water partition coefficient (Wildman–Crippen LogP) is 0.922. The second-order valence-corrected chi connectivity index (χ2v) is 5.24. The molecule has 0 aliphatic heterocycles. The average Bonchev–Trinajstić information content (AvgIpc) is 2.46. The maximum Gasteiger partial charge on any atom is 0.407 e.